The van der Waals surface area contributed by atoms with E-state index in [-0.39, 0.29) is 18.7 Å². The number of aromatic carboxylic acids is 1. The van der Waals surface area contributed by atoms with Crippen LogP contribution in [0, 0.1) is 0 Å². The molecule has 9 heteroatoms. The Morgan fingerprint density at radius 3 is 2.71 bits per heavy atom. The summed E-state index contributed by atoms with van der Waals surface area (Å²) in [4.78, 5) is 10.8. The number of sulfonamides is 1. The van der Waals surface area contributed by atoms with Gasteiger partial charge in [-0.15, -0.1) is 0 Å². The SMILES string of the molecule is O=C(O)c1cccc(CS(=O)(=O)NCCOCC(F)F)c1. The Balaban J connectivity index is 2.49. The van der Waals surface area contributed by atoms with Crippen LogP contribution in [-0.2, 0) is 20.5 Å². The molecule has 0 atom stereocenters. The molecule has 118 valence electrons. The van der Waals surface area contributed by atoms with Gasteiger partial charge in [0.1, 0.15) is 6.61 Å². The molecular weight excluding hydrogens is 308 g/mol. The number of carboxylic acid groups (broad SMARTS) is 1. The number of hydrogen-bond acceptors (Lipinski definition) is 4. The second-order valence-electron chi connectivity index (χ2n) is 4.12. The molecule has 0 bridgehead atoms. The molecule has 0 aliphatic heterocycles. The van der Waals surface area contributed by atoms with Crippen molar-refractivity contribution in [1.82, 2.24) is 4.72 Å². The Morgan fingerprint density at radius 1 is 1.38 bits per heavy atom. The van der Waals surface area contributed by atoms with Gasteiger partial charge in [0.2, 0.25) is 10.0 Å². The number of carboxylic acids is 1. The van der Waals surface area contributed by atoms with E-state index >= 15 is 0 Å². The predicted octanol–water partition coefficient (Wildman–Crippen LogP) is 1.09. The van der Waals surface area contributed by atoms with Crippen LogP contribution in [0.15, 0.2) is 24.3 Å². The number of benzene rings is 1. The monoisotopic (exact) mass is 323 g/mol. The van der Waals surface area contributed by atoms with E-state index in [2.05, 4.69) is 9.46 Å². The standard InChI is InChI=1S/C12H15F2NO5S/c13-11(14)7-20-5-4-15-21(18,19)8-9-2-1-3-10(6-9)12(16)17/h1-3,6,11,15H,4-5,7-8H2,(H,16,17). The molecule has 2 N–H and O–H groups in total. The minimum atomic E-state index is -3.69. The van der Waals surface area contributed by atoms with E-state index in [0.29, 0.717) is 5.56 Å². The van der Waals surface area contributed by atoms with Gasteiger partial charge in [0.25, 0.3) is 6.43 Å². The second-order valence-corrected chi connectivity index (χ2v) is 5.93. The van der Waals surface area contributed by atoms with Crippen molar-refractivity contribution in [1.29, 1.82) is 0 Å². The number of hydrogen-bond donors (Lipinski definition) is 2. The van der Waals surface area contributed by atoms with Crippen LogP contribution in [0.1, 0.15) is 15.9 Å². The molecule has 0 saturated carbocycles. The fraction of sp³-hybridized carbons (Fsp3) is 0.417. The maximum absolute atomic E-state index is 11.8. The zero-order valence-corrected chi connectivity index (χ0v) is 11.8. The summed E-state index contributed by atoms with van der Waals surface area (Å²) in [5.74, 6) is -1.55. The average Bonchev–Trinajstić information content (AvgIpc) is 2.37. The van der Waals surface area contributed by atoms with E-state index in [4.69, 9.17) is 5.11 Å². The lowest BCUT2D eigenvalue weighted by atomic mass is 10.1. The first kappa shape index (κ1) is 17.5. The fourth-order valence-corrected chi connectivity index (χ4v) is 2.62. The maximum atomic E-state index is 11.8. The Bertz CT molecular complexity index is 577. The van der Waals surface area contributed by atoms with Gasteiger partial charge in [-0.2, -0.15) is 0 Å². The zero-order valence-electron chi connectivity index (χ0n) is 11.0. The van der Waals surface area contributed by atoms with Gasteiger partial charge < -0.3 is 9.84 Å². The Hall–Kier alpha value is -1.58. The van der Waals surface area contributed by atoms with Crippen LogP contribution in [0.25, 0.3) is 0 Å². The van der Waals surface area contributed by atoms with E-state index < -0.39 is 34.8 Å². The summed E-state index contributed by atoms with van der Waals surface area (Å²) in [6.45, 7) is -1.05. The summed E-state index contributed by atoms with van der Waals surface area (Å²) in [5.41, 5.74) is 0.305. The minimum Gasteiger partial charge on any atom is -0.478 e. The zero-order chi connectivity index (χ0) is 15.9. The highest BCUT2D eigenvalue weighted by Crippen LogP contribution is 2.08. The Morgan fingerprint density at radius 2 is 2.10 bits per heavy atom. The number of carbonyl (C=O) groups is 1. The Kier molecular flexibility index (Phi) is 6.66. The lowest BCUT2D eigenvalue weighted by molar-refractivity contribution is 0.0199. The van der Waals surface area contributed by atoms with Gasteiger partial charge in [-0.05, 0) is 17.7 Å². The third-order valence-corrected chi connectivity index (χ3v) is 3.70. The number of halogens is 2. The lowest BCUT2D eigenvalue weighted by Crippen LogP contribution is -2.29. The van der Waals surface area contributed by atoms with Gasteiger partial charge >= 0.3 is 5.97 Å². The first-order valence-corrected chi connectivity index (χ1v) is 7.61. The molecule has 0 heterocycles. The van der Waals surface area contributed by atoms with Crippen LogP contribution in [-0.4, -0.2) is 45.7 Å². The highest BCUT2D eigenvalue weighted by atomic mass is 32.2. The fourth-order valence-electron chi connectivity index (χ4n) is 1.51. The number of alkyl halides is 2. The van der Waals surface area contributed by atoms with Gasteiger partial charge in [0.15, 0.2) is 0 Å². The molecule has 1 rings (SSSR count). The molecule has 0 saturated heterocycles. The van der Waals surface area contributed by atoms with Crippen molar-refractivity contribution in [2.45, 2.75) is 12.2 Å². The molecule has 1 aromatic rings. The van der Waals surface area contributed by atoms with Gasteiger partial charge in [-0.3, -0.25) is 0 Å². The molecule has 0 aliphatic carbocycles. The molecular formula is C12H15F2NO5S. The molecule has 0 amide bonds. The van der Waals surface area contributed by atoms with Gasteiger partial charge in [0, 0.05) is 6.54 Å². The van der Waals surface area contributed by atoms with E-state index in [9.17, 15) is 22.0 Å². The van der Waals surface area contributed by atoms with E-state index in [0.717, 1.165) is 0 Å². The number of rotatable bonds is 9. The first-order chi connectivity index (χ1) is 9.80. The van der Waals surface area contributed by atoms with Gasteiger partial charge in [-0.25, -0.2) is 26.7 Å². The summed E-state index contributed by atoms with van der Waals surface area (Å²) in [7, 11) is -3.69. The molecule has 0 radical (unpaired) electrons. The summed E-state index contributed by atoms with van der Waals surface area (Å²) in [6, 6.07) is 5.54. The predicted molar refractivity (Wildman–Crippen MR) is 70.9 cm³/mol. The quantitative estimate of drug-likeness (QED) is 0.664. The van der Waals surface area contributed by atoms with E-state index in [1.807, 2.05) is 0 Å². The van der Waals surface area contributed by atoms with E-state index in [1.54, 1.807) is 0 Å². The van der Waals surface area contributed by atoms with Crippen molar-refractivity contribution in [2.75, 3.05) is 19.8 Å². The van der Waals surface area contributed by atoms with Crippen molar-refractivity contribution >= 4 is 16.0 Å². The topological polar surface area (TPSA) is 92.7 Å². The van der Waals surface area contributed by atoms with Crippen LogP contribution in [0.3, 0.4) is 0 Å². The first-order valence-electron chi connectivity index (χ1n) is 5.95. The summed E-state index contributed by atoms with van der Waals surface area (Å²) in [5, 5.41) is 8.81. The van der Waals surface area contributed by atoms with Crippen molar-refractivity contribution in [2.24, 2.45) is 0 Å². The summed E-state index contributed by atoms with van der Waals surface area (Å²) in [6.07, 6.45) is -2.60. The molecule has 0 spiro atoms. The maximum Gasteiger partial charge on any atom is 0.335 e. The third kappa shape index (κ3) is 7.11. The van der Waals surface area contributed by atoms with Crippen LogP contribution < -0.4 is 4.72 Å². The largest absolute Gasteiger partial charge is 0.478 e. The van der Waals surface area contributed by atoms with Gasteiger partial charge in [-0.1, -0.05) is 12.1 Å². The molecule has 1 aromatic carbocycles. The lowest BCUT2D eigenvalue weighted by Gasteiger charge is -2.08. The average molecular weight is 323 g/mol. The van der Waals surface area contributed by atoms with Crippen LogP contribution >= 0.6 is 0 Å². The van der Waals surface area contributed by atoms with Crippen molar-refractivity contribution in [3.8, 4) is 0 Å². The van der Waals surface area contributed by atoms with Gasteiger partial charge in [0.05, 0.1) is 17.9 Å². The number of ether oxygens (including phenoxy) is 1. The summed E-state index contributed by atoms with van der Waals surface area (Å²) < 4.78 is 53.7. The van der Waals surface area contributed by atoms with Crippen molar-refractivity contribution < 1.29 is 31.8 Å². The van der Waals surface area contributed by atoms with Crippen molar-refractivity contribution in [3.05, 3.63) is 35.4 Å². The molecule has 0 fully saturated rings. The smallest absolute Gasteiger partial charge is 0.335 e. The molecule has 21 heavy (non-hydrogen) atoms. The molecule has 0 unspecified atom stereocenters. The Labute approximate surface area is 120 Å². The highest BCUT2D eigenvalue weighted by molar-refractivity contribution is 7.88. The van der Waals surface area contributed by atoms with Crippen molar-refractivity contribution in [3.63, 3.8) is 0 Å². The van der Waals surface area contributed by atoms with Crippen LogP contribution in [0.5, 0.6) is 0 Å². The van der Waals surface area contributed by atoms with Crippen LogP contribution in [0.2, 0.25) is 0 Å². The highest BCUT2D eigenvalue weighted by Gasteiger charge is 2.12. The third-order valence-electron chi connectivity index (χ3n) is 2.34. The van der Waals surface area contributed by atoms with Crippen LogP contribution in [0.4, 0.5) is 8.78 Å². The molecule has 0 aliphatic rings. The number of nitrogens with one attached hydrogen (secondary N) is 1. The normalized spacial score (nSPS) is 11.8. The second kappa shape index (κ2) is 8.01. The van der Waals surface area contributed by atoms with E-state index in [1.165, 1.54) is 24.3 Å². The molecule has 6 nitrogen and oxygen atoms in total. The minimum absolute atomic E-state index is 0.0111. The molecule has 0 aromatic heterocycles. The summed E-state index contributed by atoms with van der Waals surface area (Å²) >= 11 is 0.